The lowest BCUT2D eigenvalue weighted by molar-refractivity contribution is -0.177. The van der Waals surface area contributed by atoms with Gasteiger partial charge in [-0.05, 0) is 31.9 Å². The summed E-state index contributed by atoms with van der Waals surface area (Å²) in [6.07, 6.45) is -2.38. The Morgan fingerprint density at radius 3 is 2.21 bits per heavy atom. The molecule has 2 rings (SSSR count). The summed E-state index contributed by atoms with van der Waals surface area (Å²) in [5.74, 6) is -8.30. The molecule has 33 heavy (non-hydrogen) atoms. The second kappa shape index (κ2) is 9.66. The Kier molecular flexibility index (Phi) is 7.78. The molecule has 11 heteroatoms. The first-order valence-electron chi connectivity index (χ1n) is 10.3. The van der Waals surface area contributed by atoms with E-state index in [9.17, 15) is 42.2 Å². The molecule has 6 unspecified atom stereocenters. The summed E-state index contributed by atoms with van der Waals surface area (Å²) >= 11 is 0. The van der Waals surface area contributed by atoms with Gasteiger partial charge in [0, 0.05) is 24.5 Å². The molecule has 0 radical (unpaired) electrons. The summed E-state index contributed by atoms with van der Waals surface area (Å²) in [4.78, 5) is 36.7. The normalized spacial score (nSPS) is 30.5. The molecule has 184 valence electrons. The fourth-order valence-electron chi connectivity index (χ4n) is 5.11. The Morgan fingerprint density at radius 1 is 1.18 bits per heavy atom. The van der Waals surface area contributed by atoms with E-state index in [-0.39, 0.29) is 6.42 Å². The number of hydrogen-bond donors (Lipinski definition) is 3. The van der Waals surface area contributed by atoms with Crippen LogP contribution in [-0.2, 0) is 19.1 Å². The van der Waals surface area contributed by atoms with Crippen LogP contribution in [0.5, 0.6) is 0 Å². The van der Waals surface area contributed by atoms with E-state index >= 15 is 0 Å². The Labute approximate surface area is 188 Å². The number of carboxylic acids is 2. The monoisotopic (exact) mass is 477 g/mol. The van der Waals surface area contributed by atoms with Gasteiger partial charge in [0.25, 0.3) is 0 Å². The topological polar surface area (TPSA) is 113 Å². The lowest BCUT2D eigenvalue weighted by Gasteiger charge is -2.56. The number of carboxylic acid groups (broad SMARTS) is 2. The van der Waals surface area contributed by atoms with Crippen molar-refractivity contribution in [3.8, 4) is 0 Å². The highest BCUT2D eigenvalue weighted by molar-refractivity contribution is 5.84. The fourth-order valence-corrected chi connectivity index (χ4v) is 5.11. The number of nitrogens with one attached hydrogen (secondary N) is 1. The molecule has 0 aliphatic carbocycles. The molecule has 1 aromatic carbocycles. The van der Waals surface area contributed by atoms with E-state index in [0.29, 0.717) is 12.1 Å². The first kappa shape index (κ1) is 26.6. The average molecular weight is 477 g/mol. The van der Waals surface area contributed by atoms with Crippen molar-refractivity contribution >= 4 is 17.9 Å². The minimum Gasteiger partial charge on any atom is -0.481 e. The Hall–Kier alpha value is -2.69. The van der Waals surface area contributed by atoms with Crippen molar-refractivity contribution in [2.24, 2.45) is 10.8 Å². The highest BCUT2D eigenvalue weighted by atomic mass is 19.1. The highest BCUT2D eigenvalue weighted by Gasteiger charge is 2.67. The van der Waals surface area contributed by atoms with Crippen LogP contribution in [0.15, 0.2) is 12.1 Å². The van der Waals surface area contributed by atoms with Gasteiger partial charge in [-0.3, -0.25) is 14.4 Å². The number of carbonyl (C=O) groups is 3. The van der Waals surface area contributed by atoms with Crippen LogP contribution in [0.25, 0.3) is 0 Å². The minimum absolute atomic E-state index is 0.313. The molecule has 0 spiro atoms. The van der Waals surface area contributed by atoms with Crippen molar-refractivity contribution in [3.63, 3.8) is 0 Å². The van der Waals surface area contributed by atoms with E-state index in [0.717, 1.165) is 20.8 Å². The van der Waals surface area contributed by atoms with Gasteiger partial charge in [-0.2, -0.15) is 0 Å². The van der Waals surface area contributed by atoms with Crippen LogP contribution in [0, 0.1) is 22.5 Å². The van der Waals surface area contributed by atoms with Gasteiger partial charge in [0.15, 0.2) is 0 Å². The largest absolute Gasteiger partial charge is 0.481 e. The first-order valence-corrected chi connectivity index (χ1v) is 10.3. The van der Waals surface area contributed by atoms with Crippen molar-refractivity contribution in [1.82, 2.24) is 5.32 Å². The first-order chi connectivity index (χ1) is 15.3. The number of ether oxygens (including phenoxy) is 1. The van der Waals surface area contributed by atoms with Crippen LogP contribution >= 0.6 is 0 Å². The van der Waals surface area contributed by atoms with Crippen LogP contribution in [0.4, 0.5) is 17.6 Å². The van der Waals surface area contributed by atoms with Crippen molar-refractivity contribution < 1.29 is 46.9 Å². The van der Waals surface area contributed by atoms with Crippen molar-refractivity contribution in [3.05, 3.63) is 34.9 Å². The Bertz CT molecular complexity index is 942. The van der Waals surface area contributed by atoms with E-state index in [1.165, 1.54) is 6.92 Å². The summed E-state index contributed by atoms with van der Waals surface area (Å²) in [6, 6.07) is -1.80. The van der Waals surface area contributed by atoms with Crippen LogP contribution in [-0.4, -0.2) is 53.5 Å². The smallest absolute Gasteiger partial charge is 0.312 e. The van der Waals surface area contributed by atoms with Gasteiger partial charge >= 0.3 is 17.9 Å². The molecule has 1 aliphatic rings. The Morgan fingerprint density at radius 2 is 1.79 bits per heavy atom. The van der Waals surface area contributed by atoms with Crippen molar-refractivity contribution in [2.75, 3.05) is 13.3 Å². The number of carbonyl (C=O) groups excluding carboxylic acids is 1. The molecule has 0 saturated carbocycles. The van der Waals surface area contributed by atoms with Gasteiger partial charge in [0.05, 0.1) is 22.9 Å². The molecule has 1 fully saturated rings. The number of benzene rings is 1. The quantitative estimate of drug-likeness (QED) is 0.388. The van der Waals surface area contributed by atoms with Crippen LogP contribution in [0.2, 0.25) is 0 Å². The van der Waals surface area contributed by atoms with E-state index in [4.69, 9.17) is 4.74 Å². The molecule has 0 bridgehead atoms. The molecule has 1 aliphatic heterocycles. The van der Waals surface area contributed by atoms with Gasteiger partial charge < -0.3 is 20.3 Å². The SMILES string of the molecule is CCC1(C(=O)O)C(COC(C)=O)NC(CF)C(C)(C(=O)O)C1c1cc(F)cc(F)c1C(C)F. The molecule has 1 heterocycles. The second-order valence-corrected chi connectivity index (χ2v) is 8.46. The van der Waals surface area contributed by atoms with Crippen LogP contribution < -0.4 is 5.32 Å². The second-order valence-electron chi connectivity index (χ2n) is 8.46. The molecule has 1 aromatic rings. The number of esters is 1. The zero-order chi connectivity index (χ0) is 25.3. The summed E-state index contributed by atoms with van der Waals surface area (Å²) < 4.78 is 62.8. The lowest BCUT2D eigenvalue weighted by atomic mass is 9.50. The van der Waals surface area contributed by atoms with Gasteiger partial charge in [-0.1, -0.05) is 6.92 Å². The summed E-state index contributed by atoms with van der Waals surface area (Å²) in [6.45, 7) is 2.58. The molecule has 0 amide bonds. The number of hydrogen-bond acceptors (Lipinski definition) is 5. The molecule has 3 N–H and O–H groups in total. The fraction of sp³-hybridized carbons (Fsp3) is 0.591. The predicted molar refractivity (Wildman–Crippen MR) is 108 cm³/mol. The van der Waals surface area contributed by atoms with Crippen LogP contribution in [0.1, 0.15) is 57.3 Å². The number of halogens is 4. The number of alkyl halides is 2. The van der Waals surface area contributed by atoms with Gasteiger partial charge in [-0.15, -0.1) is 0 Å². The van der Waals surface area contributed by atoms with Gasteiger partial charge in [0.2, 0.25) is 0 Å². The van der Waals surface area contributed by atoms with Gasteiger partial charge in [-0.25, -0.2) is 17.6 Å². The third kappa shape index (κ3) is 4.30. The van der Waals surface area contributed by atoms with E-state index in [1.54, 1.807) is 0 Å². The summed E-state index contributed by atoms with van der Waals surface area (Å²) in [5, 5.41) is 23.1. The molecule has 1 saturated heterocycles. The zero-order valence-electron chi connectivity index (χ0n) is 18.6. The highest BCUT2D eigenvalue weighted by Crippen LogP contribution is 2.58. The minimum atomic E-state index is -2.28. The molecule has 7 nitrogen and oxygen atoms in total. The number of piperidine rings is 1. The molecule has 0 aromatic heterocycles. The maximum Gasteiger partial charge on any atom is 0.312 e. The van der Waals surface area contributed by atoms with E-state index in [1.807, 2.05) is 0 Å². The van der Waals surface area contributed by atoms with E-state index < -0.39 is 89.0 Å². The van der Waals surface area contributed by atoms with E-state index in [2.05, 4.69) is 5.32 Å². The number of rotatable bonds is 8. The Balaban J connectivity index is 3.02. The molecule has 6 atom stereocenters. The van der Waals surface area contributed by atoms with Gasteiger partial charge in [0.1, 0.15) is 31.1 Å². The maximum atomic E-state index is 14.7. The number of aliphatic carboxylic acids is 2. The average Bonchev–Trinajstić information content (AvgIpc) is 2.70. The predicted octanol–water partition coefficient (Wildman–Crippen LogP) is 3.52. The summed E-state index contributed by atoms with van der Waals surface area (Å²) in [5.41, 5.74) is -5.68. The van der Waals surface area contributed by atoms with Crippen molar-refractivity contribution in [2.45, 2.75) is 58.3 Å². The third-order valence-electron chi connectivity index (χ3n) is 6.75. The third-order valence-corrected chi connectivity index (χ3v) is 6.75. The van der Waals surface area contributed by atoms with Crippen LogP contribution in [0.3, 0.4) is 0 Å². The van der Waals surface area contributed by atoms with Crippen molar-refractivity contribution in [1.29, 1.82) is 0 Å². The zero-order valence-corrected chi connectivity index (χ0v) is 18.6. The maximum absolute atomic E-state index is 14.7. The molecular formula is C22H27F4NO6. The standard InChI is InChI=1S/C22H27F4NO6/c1-5-22(20(31)32)16(9-33-11(3)28)27-15(8-23)21(4,19(29)30)18(22)13-6-12(25)7-14(26)17(13)10(2)24/h6-7,10,15-16,18,27H,5,8-9H2,1-4H3,(H,29,30)(H,31,32). The summed E-state index contributed by atoms with van der Waals surface area (Å²) in [7, 11) is 0. The molecular weight excluding hydrogens is 450 g/mol. The lowest BCUT2D eigenvalue weighted by Crippen LogP contribution is -2.71.